The number of rotatable bonds is 6. The van der Waals surface area contributed by atoms with E-state index in [2.05, 4.69) is 15.2 Å². The molecule has 0 radical (unpaired) electrons. The molecule has 0 atom stereocenters. The van der Waals surface area contributed by atoms with Crippen LogP contribution < -0.4 is 10.2 Å². The Labute approximate surface area is 184 Å². The molecule has 1 amide bonds. The molecule has 4 rings (SSSR count). The number of pyridine rings is 1. The second kappa shape index (κ2) is 9.78. The Kier molecular flexibility index (Phi) is 6.87. The fourth-order valence-electron chi connectivity index (χ4n) is 4.28. The first-order chi connectivity index (χ1) is 15.1. The van der Waals surface area contributed by atoms with Gasteiger partial charge in [-0.15, -0.1) is 0 Å². The Morgan fingerprint density at radius 3 is 2.39 bits per heavy atom. The predicted molar refractivity (Wildman–Crippen MR) is 121 cm³/mol. The van der Waals surface area contributed by atoms with Gasteiger partial charge in [-0.25, -0.2) is 13.4 Å². The monoisotopic (exact) mass is 442 g/mol. The molecule has 0 saturated carbocycles. The maximum absolute atomic E-state index is 12.9. The highest BCUT2D eigenvalue weighted by atomic mass is 32.2. The van der Waals surface area contributed by atoms with Crippen molar-refractivity contribution in [3.63, 3.8) is 0 Å². The van der Waals surface area contributed by atoms with Gasteiger partial charge in [-0.2, -0.15) is 4.31 Å². The molecule has 7 nitrogen and oxygen atoms in total. The van der Waals surface area contributed by atoms with Crippen molar-refractivity contribution in [3.05, 3.63) is 53.7 Å². The van der Waals surface area contributed by atoms with Crippen LogP contribution in [0.1, 0.15) is 54.4 Å². The molecule has 1 N–H and O–H groups in total. The molecule has 2 aromatic rings. The molecule has 8 heteroatoms. The number of hydrogen-bond donors (Lipinski definition) is 1. The second-order valence-electron chi connectivity index (χ2n) is 8.22. The van der Waals surface area contributed by atoms with E-state index in [0.29, 0.717) is 18.7 Å². The van der Waals surface area contributed by atoms with Crippen LogP contribution in [0.2, 0.25) is 0 Å². The SMILES string of the molecule is O=C(NCc1cccc(S(=O)(=O)N2CCCCC2)c1)c1cccnc1N1CCCCC1. The summed E-state index contributed by atoms with van der Waals surface area (Å²) < 4.78 is 27.5. The standard InChI is InChI=1S/C23H30N4O3S/c28-23(21-11-8-12-24-22(21)26-13-3-1-4-14-26)25-18-19-9-7-10-20(17-19)31(29,30)27-15-5-2-6-16-27/h7-12,17H,1-6,13-16,18H2,(H,25,28). The van der Waals surface area contributed by atoms with E-state index in [1.807, 2.05) is 6.07 Å². The summed E-state index contributed by atoms with van der Waals surface area (Å²) in [5.41, 5.74) is 1.32. The molecule has 2 aliphatic heterocycles. The van der Waals surface area contributed by atoms with E-state index >= 15 is 0 Å². The third-order valence-electron chi connectivity index (χ3n) is 5.99. The third-order valence-corrected chi connectivity index (χ3v) is 7.89. The van der Waals surface area contributed by atoms with E-state index in [1.165, 1.54) is 6.42 Å². The van der Waals surface area contributed by atoms with Crippen molar-refractivity contribution < 1.29 is 13.2 Å². The van der Waals surface area contributed by atoms with E-state index in [4.69, 9.17) is 0 Å². The summed E-state index contributed by atoms with van der Waals surface area (Å²) in [6.07, 6.45) is 8.02. The first-order valence-corrected chi connectivity index (χ1v) is 12.6. The lowest BCUT2D eigenvalue weighted by atomic mass is 10.1. The first-order valence-electron chi connectivity index (χ1n) is 11.1. The van der Waals surface area contributed by atoms with Crippen LogP contribution in [0.3, 0.4) is 0 Å². The fourth-order valence-corrected chi connectivity index (χ4v) is 5.87. The van der Waals surface area contributed by atoms with Crippen LogP contribution in [0.5, 0.6) is 0 Å². The van der Waals surface area contributed by atoms with Gasteiger partial charge in [-0.1, -0.05) is 18.6 Å². The van der Waals surface area contributed by atoms with E-state index in [9.17, 15) is 13.2 Å². The van der Waals surface area contributed by atoms with Crippen molar-refractivity contribution in [2.75, 3.05) is 31.1 Å². The number of amides is 1. The maximum Gasteiger partial charge on any atom is 0.255 e. The Bertz CT molecular complexity index is 1010. The maximum atomic E-state index is 12.9. The van der Waals surface area contributed by atoms with E-state index in [0.717, 1.165) is 56.6 Å². The Hall–Kier alpha value is -2.45. The minimum atomic E-state index is -3.49. The summed E-state index contributed by atoms with van der Waals surface area (Å²) in [6, 6.07) is 10.4. The zero-order valence-corrected chi connectivity index (χ0v) is 18.6. The van der Waals surface area contributed by atoms with Crippen molar-refractivity contribution in [3.8, 4) is 0 Å². The number of benzene rings is 1. The highest BCUT2D eigenvalue weighted by molar-refractivity contribution is 7.89. The minimum Gasteiger partial charge on any atom is -0.356 e. The van der Waals surface area contributed by atoms with Crippen LogP contribution in [0.15, 0.2) is 47.5 Å². The molecule has 1 aromatic heterocycles. The summed E-state index contributed by atoms with van der Waals surface area (Å²) in [7, 11) is -3.49. The highest BCUT2D eigenvalue weighted by Gasteiger charge is 2.26. The lowest BCUT2D eigenvalue weighted by Gasteiger charge is -2.29. The van der Waals surface area contributed by atoms with Crippen LogP contribution in [0.25, 0.3) is 0 Å². The van der Waals surface area contributed by atoms with Crippen molar-refractivity contribution in [1.82, 2.24) is 14.6 Å². The summed E-state index contributed by atoms with van der Waals surface area (Å²) >= 11 is 0. The Morgan fingerprint density at radius 1 is 0.935 bits per heavy atom. The van der Waals surface area contributed by atoms with Gasteiger partial charge >= 0.3 is 0 Å². The molecule has 0 bridgehead atoms. The summed E-state index contributed by atoms with van der Waals surface area (Å²) in [6.45, 7) is 3.23. The number of nitrogens with one attached hydrogen (secondary N) is 1. The van der Waals surface area contributed by atoms with Crippen LogP contribution >= 0.6 is 0 Å². The van der Waals surface area contributed by atoms with Crippen molar-refractivity contribution in [2.24, 2.45) is 0 Å². The predicted octanol–water partition coefficient (Wildman–Crippen LogP) is 3.18. The number of aromatic nitrogens is 1. The number of nitrogens with zero attached hydrogens (tertiary/aromatic N) is 3. The number of carbonyl (C=O) groups is 1. The lowest BCUT2D eigenvalue weighted by molar-refractivity contribution is 0.0951. The zero-order valence-electron chi connectivity index (χ0n) is 17.8. The summed E-state index contributed by atoms with van der Waals surface area (Å²) in [5.74, 6) is 0.527. The van der Waals surface area contributed by atoms with Gasteiger partial charge in [-0.3, -0.25) is 4.79 Å². The highest BCUT2D eigenvalue weighted by Crippen LogP contribution is 2.23. The number of piperidine rings is 2. The zero-order chi connectivity index (χ0) is 21.7. The third kappa shape index (κ3) is 5.07. The molecule has 0 spiro atoms. The molecule has 1 aromatic carbocycles. The van der Waals surface area contributed by atoms with Gasteiger partial charge in [0.15, 0.2) is 0 Å². The van der Waals surface area contributed by atoms with Crippen LogP contribution in [0.4, 0.5) is 5.82 Å². The van der Waals surface area contributed by atoms with Gasteiger partial charge in [0.2, 0.25) is 10.0 Å². The molecule has 3 heterocycles. The van der Waals surface area contributed by atoms with Gasteiger partial charge in [0.25, 0.3) is 5.91 Å². The van der Waals surface area contributed by atoms with Gasteiger partial charge in [-0.05, 0) is 61.9 Å². The van der Waals surface area contributed by atoms with E-state index in [-0.39, 0.29) is 17.3 Å². The van der Waals surface area contributed by atoms with Gasteiger partial charge in [0, 0.05) is 38.9 Å². The largest absolute Gasteiger partial charge is 0.356 e. The molecule has 0 aliphatic carbocycles. The average Bonchev–Trinajstić information content (AvgIpc) is 2.84. The fraction of sp³-hybridized carbons (Fsp3) is 0.478. The quantitative estimate of drug-likeness (QED) is 0.743. The molecule has 2 aliphatic rings. The van der Waals surface area contributed by atoms with Gasteiger partial charge < -0.3 is 10.2 Å². The molecule has 31 heavy (non-hydrogen) atoms. The molecule has 166 valence electrons. The van der Waals surface area contributed by atoms with Crippen LogP contribution in [0, 0.1) is 0 Å². The molecule has 2 saturated heterocycles. The number of hydrogen-bond acceptors (Lipinski definition) is 5. The van der Waals surface area contributed by atoms with E-state index < -0.39 is 10.0 Å². The van der Waals surface area contributed by atoms with Crippen molar-refractivity contribution in [1.29, 1.82) is 0 Å². The van der Waals surface area contributed by atoms with Gasteiger partial charge in [0.05, 0.1) is 10.5 Å². The smallest absolute Gasteiger partial charge is 0.255 e. The van der Waals surface area contributed by atoms with Crippen molar-refractivity contribution >= 4 is 21.7 Å². The molecule has 2 fully saturated rings. The Morgan fingerprint density at radius 2 is 1.65 bits per heavy atom. The minimum absolute atomic E-state index is 0.196. The summed E-state index contributed by atoms with van der Waals surface area (Å²) in [4.78, 5) is 19.8. The number of carbonyl (C=O) groups excluding carboxylic acids is 1. The average molecular weight is 443 g/mol. The molecular weight excluding hydrogens is 412 g/mol. The Balaban J connectivity index is 1.45. The van der Waals surface area contributed by atoms with Crippen LogP contribution in [-0.2, 0) is 16.6 Å². The van der Waals surface area contributed by atoms with Crippen molar-refractivity contribution in [2.45, 2.75) is 50.0 Å². The topological polar surface area (TPSA) is 82.6 Å². The van der Waals surface area contributed by atoms with Gasteiger partial charge in [0.1, 0.15) is 5.82 Å². The lowest BCUT2D eigenvalue weighted by Crippen LogP contribution is -2.35. The molecule has 0 unspecified atom stereocenters. The number of anilines is 1. The van der Waals surface area contributed by atoms with Crippen LogP contribution in [-0.4, -0.2) is 49.8 Å². The van der Waals surface area contributed by atoms with E-state index in [1.54, 1.807) is 40.8 Å². The number of sulfonamides is 1. The second-order valence-corrected chi connectivity index (χ2v) is 10.2. The molecular formula is C23H30N4O3S. The first kappa shape index (κ1) is 21.8. The normalized spacial score (nSPS) is 18.0. The summed E-state index contributed by atoms with van der Waals surface area (Å²) in [5, 5.41) is 2.94.